The Kier molecular flexibility index (Phi) is 2.97. The zero-order valence-electron chi connectivity index (χ0n) is 7.89. The maximum absolute atomic E-state index is 11.1. The van der Waals surface area contributed by atoms with Crippen LogP contribution in [-0.4, -0.2) is 11.6 Å². The van der Waals surface area contributed by atoms with E-state index in [4.69, 9.17) is 0 Å². The fourth-order valence-corrected chi connectivity index (χ4v) is 1.06. The molecule has 0 aromatic carbocycles. The number of carbonyl (C=O) groups is 2. The van der Waals surface area contributed by atoms with Crippen molar-refractivity contribution in [1.29, 1.82) is 0 Å². The molecule has 0 rings (SSSR count). The standard InChI is InChI=1S/C9H16O2/c1-6(2)9(5,7(3)10)8(4)11/h6H,1-5H3. The normalized spacial score (nSPS) is 11.8. The van der Waals surface area contributed by atoms with Gasteiger partial charge in [0, 0.05) is 0 Å². The average Bonchev–Trinajstić information content (AvgIpc) is 1.84. The Labute approximate surface area is 68.0 Å². The van der Waals surface area contributed by atoms with Crippen LogP contribution in [0.4, 0.5) is 0 Å². The molecule has 0 N–H and O–H groups in total. The molecule has 0 aromatic heterocycles. The topological polar surface area (TPSA) is 34.1 Å². The molecule has 0 spiro atoms. The van der Waals surface area contributed by atoms with Gasteiger partial charge < -0.3 is 0 Å². The third kappa shape index (κ3) is 1.67. The first kappa shape index (κ1) is 10.3. The van der Waals surface area contributed by atoms with Gasteiger partial charge in [0.2, 0.25) is 0 Å². The van der Waals surface area contributed by atoms with Crippen LogP contribution in [0.15, 0.2) is 0 Å². The average molecular weight is 156 g/mol. The van der Waals surface area contributed by atoms with Crippen LogP contribution in [0.2, 0.25) is 0 Å². The van der Waals surface area contributed by atoms with E-state index in [0.717, 1.165) is 0 Å². The molecule has 0 saturated heterocycles. The number of Topliss-reactive ketones (excluding diaryl/α,β-unsaturated/α-hetero) is 2. The molecule has 0 heterocycles. The molecule has 64 valence electrons. The summed E-state index contributed by atoms with van der Waals surface area (Å²) < 4.78 is 0. The van der Waals surface area contributed by atoms with E-state index in [-0.39, 0.29) is 17.5 Å². The molecule has 0 fully saturated rings. The number of rotatable bonds is 3. The smallest absolute Gasteiger partial charge is 0.143 e. The van der Waals surface area contributed by atoms with Crippen molar-refractivity contribution in [3.63, 3.8) is 0 Å². The Hall–Kier alpha value is -0.660. The molecule has 0 unspecified atom stereocenters. The molecule has 0 radical (unpaired) electrons. The molecular formula is C9H16O2. The summed E-state index contributed by atoms with van der Waals surface area (Å²) in [6, 6.07) is 0. The Morgan fingerprint density at radius 2 is 1.36 bits per heavy atom. The Morgan fingerprint density at radius 1 is 1.09 bits per heavy atom. The van der Waals surface area contributed by atoms with Gasteiger partial charge in [0.05, 0.1) is 5.41 Å². The maximum Gasteiger partial charge on any atom is 0.143 e. The van der Waals surface area contributed by atoms with Gasteiger partial charge in [-0.15, -0.1) is 0 Å². The van der Waals surface area contributed by atoms with E-state index in [2.05, 4.69) is 0 Å². The van der Waals surface area contributed by atoms with Crippen molar-refractivity contribution in [2.24, 2.45) is 11.3 Å². The van der Waals surface area contributed by atoms with Crippen LogP contribution in [0.5, 0.6) is 0 Å². The van der Waals surface area contributed by atoms with Gasteiger partial charge in [0.15, 0.2) is 0 Å². The first-order valence-electron chi connectivity index (χ1n) is 3.85. The SMILES string of the molecule is CC(=O)C(C)(C(C)=O)C(C)C. The summed E-state index contributed by atoms with van der Waals surface area (Å²) in [5.74, 6) is -0.00231. The van der Waals surface area contributed by atoms with Crippen molar-refractivity contribution in [2.45, 2.75) is 34.6 Å². The highest BCUT2D eigenvalue weighted by Gasteiger charge is 2.37. The lowest BCUT2D eigenvalue weighted by Gasteiger charge is -2.27. The molecule has 0 aliphatic carbocycles. The largest absolute Gasteiger partial charge is 0.299 e. The molecule has 11 heavy (non-hydrogen) atoms. The monoisotopic (exact) mass is 156 g/mol. The minimum absolute atomic E-state index is 0.0417. The summed E-state index contributed by atoms with van der Waals surface area (Å²) in [7, 11) is 0. The van der Waals surface area contributed by atoms with Crippen LogP contribution >= 0.6 is 0 Å². The summed E-state index contributed by atoms with van der Waals surface area (Å²) in [6.45, 7) is 8.44. The number of ketones is 2. The lowest BCUT2D eigenvalue weighted by molar-refractivity contribution is -0.140. The Morgan fingerprint density at radius 3 is 1.36 bits per heavy atom. The van der Waals surface area contributed by atoms with E-state index in [9.17, 15) is 9.59 Å². The predicted molar refractivity (Wildman–Crippen MR) is 44.3 cm³/mol. The fraction of sp³-hybridized carbons (Fsp3) is 0.778. The summed E-state index contributed by atoms with van der Waals surface area (Å²) in [5, 5.41) is 0. The van der Waals surface area contributed by atoms with Crippen molar-refractivity contribution < 1.29 is 9.59 Å². The summed E-state index contributed by atoms with van der Waals surface area (Å²) in [4.78, 5) is 22.3. The fourth-order valence-electron chi connectivity index (χ4n) is 1.06. The highest BCUT2D eigenvalue weighted by molar-refractivity contribution is 6.04. The van der Waals surface area contributed by atoms with Crippen molar-refractivity contribution in [3.05, 3.63) is 0 Å². The van der Waals surface area contributed by atoms with Crippen molar-refractivity contribution in [1.82, 2.24) is 0 Å². The van der Waals surface area contributed by atoms with Crippen LogP contribution < -0.4 is 0 Å². The zero-order chi connectivity index (χ0) is 9.23. The third-order valence-corrected chi connectivity index (χ3v) is 2.62. The summed E-state index contributed by atoms with van der Waals surface area (Å²) in [5.41, 5.74) is -0.778. The molecule has 2 heteroatoms. The van der Waals surface area contributed by atoms with Gasteiger partial charge in [0.1, 0.15) is 11.6 Å². The molecule has 0 saturated carbocycles. The van der Waals surface area contributed by atoms with Gasteiger partial charge in [-0.25, -0.2) is 0 Å². The van der Waals surface area contributed by atoms with Crippen molar-refractivity contribution in [3.8, 4) is 0 Å². The van der Waals surface area contributed by atoms with Crippen molar-refractivity contribution in [2.75, 3.05) is 0 Å². The van der Waals surface area contributed by atoms with Crippen LogP contribution in [-0.2, 0) is 9.59 Å². The summed E-state index contributed by atoms with van der Waals surface area (Å²) in [6.07, 6.45) is 0. The van der Waals surface area contributed by atoms with Crippen LogP contribution in [0.3, 0.4) is 0 Å². The molecule has 2 nitrogen and oxygen atoms in total. The molecule has 0 aromatic rings. The zero-order valence-corrected chi connectivity index (χ0v) is 7.89. The lowest BCUT2D eigenvalue weighted by atomic mass is 9.73. The van der Waals surface area contributed by atoms with E-state index in [1.807, 2.05) is 13.8 Å². The van der Waals surface area contributed by atoms with Gasteiger partial charge in [-0.05, 0) is 26.7 Å². The number of carbonyl (C=O) groups excluding carboxylic acids is 2. The van der Waals surface area contributed by atoms with E-state index >= 15 is 0 Å². The van der Waals surface area contributed by atoms with Crippen molar-refractivity contribution >= 4 is 11.6 Å². The van der Waals surface area contributed by atoms with Gasteiger partial charge in [-0.2, -0.15) is 0 Å². The minimum Gasteiger partial charge on any atom is -0.299 e. The first-order valence-corrected chi connectivity index (χ1v) is 3.85. The molecule has 0 atom stereocenters. The molecule has 0 aliphatic rings. The minimum atomic E-state index is -0.778. The summed E-state index contributed by atoms with van der Waals surface area (Å²) >= 11 is 0. The third-order valence-electron chi connectivity index (χ3n) is 2.62. The quantitative estimate of drug-likeness (QED) is 0.584. The van der Waals surface area contributed by atoms with Gasteiger partial charge in [-0.3, -0.25) is 9.59 Å². The van der Waals surface area contributed by atoms with Crippen LogP contribution in [0.25, 0.3) is 0 Å². The molecular weight excluding hydrogens is 140 g/mol. The van der Waals surface area contributed by atoms with Crippen LogP contribution in [0, 0.1) is 11.3 Å². The second-order valence-electron chi connectivity index (χ2n) is 3.47. The molecule has 0 bridgehead atoms. The second-order valence-corrected chi connectivity index (χ2v) is 3.47. The highest BCUT2D eigenvalue weighted by Crippen LogP contribution is 2.28. The lowest BCUT2D eigenvalue weighted by Crippen LogP contribution is -2.38. The van der Waals surface area contributed by atoms with Gasteiger partial charge >= 0.3 is 0 Å². The van der Waals surface area contributed by atoms with E-state index in [0.29, 0.717) is 0 Å². The van der Waals surface area contributed by atoms with Gasteiger partial charge in [-0.1, -0.05) is 13.8 Å². The van der Waals surface area contributed by atoms with E-state index in [1.165, 1.54) is 13.8 Å². The number of hydrogen-bond acceptors (Lipinski definition) is 2. The first-order chi connectivity index (χ1) is 4.83. The highest BCUT2D eigenvalue weighted by atomic mass is 16.2. The molecule has 0 amide bonds. The second kappa shape index (κ2) is 3.16. The Bertz CT molecular complexity index is 166. The predicted octanol–water partition coefficient (Wildman–Crippen LogP) is 1.83. The molecule has 0 aliphatic heterocycles. The van der Waals surface area contributed by atoms with E-state index < -0.39 is 5.41 Å². The van der Waals surface area contributed by atoms with Gasteiger partial charge in [0.25, 0.3) is 0 Å². The van der Waals surface area contributed by atoms with Crippen LogP contribution in [0.1, 0.15) is 34.6 Å². The Balaban J connectivity index is 4.82. The number of hydrogen-bond donors (Lipinski definition) is 0. The van der Waals surface area contributed by atoms with E-state index in [1.54, 1.807) is 6.92 Å². The maximum atomic E-state index is 11.1.